The van der Waals surface area contributed by atoms with Crippen LogP contribution in [-0.4, -0.2) is 34.9 Å². The Bertz CT molecular complexity index is 652. The van der Waals surface area contributed by atoms with Crippen molar-refractivity contribution in [1.82, 2.24) is 5.32 Å². The van der Waals surface area contributed by atoms with Crippen LogP contribution in [0.25, 0.3) is 0 Å². The predicted molar refractivity (Wildman–Crippen MR) is 80.0 cm³/mol. The Morgan fingerprint density at radius 2 is 1.91 bits per heavy atom. The van der Waals surface area contributed by atoms with E-state index in [1.807, 2.05) is 30.3 Å². The Morgan fingerprint density at radius 3 is 2.52 bits per heavy atom. The van der Waals surface area contributed by atoms with Crippen molar-refractivity contribution in [2.24, 2.45) is 0 Å². The fourth-order valence-corrected chi connectivity index (χ4v) is 1.94. The lowest BCUT2D eigenvalue weighted by Gasteiger charge is -2.15. The molecule has 7 heteroatoms. The van der Waals surface area contributed by atoms with E-state index in [-0.39, 0.29) is 25.4 Å². The molecule has 0 spiro atoms. The summed E-state index contributed by atoms with van der Waals surface area (Å²) in [4.78, 5) is 22.5. The number of carbonyl (C=O) groups is 2. The molecule has 7 nitrogen and oxygen atoms in total. The second-order valence-corrected chi connectivity index (χ2v) is 4.86. The number of carboxylic acid groups (broad SMARTS) is 1. The maximum atomic E-state index is 11.7. The molecule has 0 aliphatic rings. The van der Waals surface area contributed by atoms with E-state index in [4.69, 9.17) is 14.3 Å². The summed E-state index contributed by atoms with van der Waals surface area (Å²) in [6.07, 6.45) is -0.512. The van der Waals surface area contributed by atoms with Crippen LogP contribution in [0.5, 0.6) is 0 Å². The van der Waals surface area contributed by atoms with Crippen LogP contribution in [0.3, 0.4) is 0 Å². The summed E-state index contributed by atoms with van der Waals surface area (Å²) in [7, 11) is 0. The van der Waals surface area contributed by atoms with E-state index in [1.54, 1.807) is 0 Å². The van der Waals surface area contributed by atoms with Gasteiger partial charge in [-0.2, -0.15) is 0 Å². The minimum absolute atomic E-state index is 0.120. The van der Waals surface area contributed by atoms with Gasteiger partial charge in [-0.1, -0.05) is 30.3 Å². The van der Waals surface area contributed by atoms with Crippen LogP contribution in [-0.2, 0) is 17.8 Å². The SMILES string of the molecule is O=C(NC(CO)Cc1ccc(C(=O)O)o1)OCc1ccccc1. The van der Waals surface area contributed by atoms with Crippen molar-refractivity contribution in [1.29, 1.82) is 0 Å². The lowest BCUT2D eigenvalue weighted by molar-refractivity contribution is 0.0659. The number of aromatic carboxylic acids is 1. The molecule has 0 radical (unpaired) electrons. The number of benzene rings is 1. The number of ether oxygens (including phenoxy) is 1. The highest BCUT2D eigenvalue weighted by Crippen LogP contribution is 2.10. The van der Waals surface area contributed by atoms with Crippen LogP contribution < -0.4 is 5.32 Å². The third-order valence-corrected chi connectivity index (χ3v) is 3.08. The van der Waals surface area contributed by atoms with Crippen molar-refractivity contribution in [3.05, 3.63) is 59.5 Å². The molecule has 122 valence electrons. The molecule has 1 aromatic carbocycles. The van der Waals surface area contributed by atoms with Gasteiger partial charge in [0, 0.05) is 6.42 Å². The highest BCUT2D eigenvalue weighted by atomic mass is 16.5. The number of rotatable bonds is 7. The summed E-state index contributed by atoms with van der Waals surface area (Å²) < 4.78 is 10.1. The standard InChI is InChI=1S/C16H17NO6/c18-9-12(8-13-6-7-14(23-13)15(19)20)17-16(21)22-10-11-4-2-1-3-5-11/h1-7,12,18H,8-10H2,(H,17,21)(H,19,20). The first-order valence-corrected chi connectivity index (χ1v) is 6.98. The zero-order valence-electron chi connectivity index (χ0n) is 12.3. The number of aliphatic hydroxyl groups is 1. The number of aliphatic hydroxyl groups excluding tert-OH is 1. The smallest absolute Gasteiger partial charge is 0.407 e. The number of furan rings is 1. The van der Waals surface area contributed by atoms with Crippen molar-refractivity contribution >= 4 is 12.1 Å². The number of nitrogens with one attached hydrogen (secondary N) is 1. The van der Waals surface area contributed by atoms with E-state index in [1.165, 1.54) is 12.1 Å². The molecule has 0 aliphatic carbocycles. The molecule has 1 atom stereocenters. The lowest BCUT2D eigenvalue weighted by atomic mass is 10.2. The lowest BCUT2D eigenvalue weighted by Crippen LogP contribution is -2.39. The Labute approximate surface area is 132 Å². The summed E-state index contributed by atoms with van der Waals surface area (Å²) in [6, 6.07) is 11.4. The van der Waals surface area contributed by atoms with E-state index in [9.17, 15) is 14.7 Å². The summed E-state index contributed by atoms with van der Waals surface area (Å²) in [5.74, 6) is -1.01. The van der Waals surface area contributed by atoms with E-state index in [2.05, 4.69) is 5.32 Å². The van der Waals surface area contributed by atoms with Gasteiger partial charge in [0.05, 0.1) is 12.6 Å². The summed E-state index contributed by atoms with van der Waals surface area (Å²) in [5.41, 5.74) is 0.848. The molecule has 1 amide bonds. The van der Waals surface area contributed by atoms with Gasteiger partial charge in [-0.25, -0.2) is 9.59 Å². The van der Waals surface area contributed by atoms with Gasteiger partial charge in [-0.05, 0) is 17.7 Å². The average Bonchev–Trinajstić information content (AvgIpc) is 3.02. The first-order chi connectivity index (χ1) is 11.1. The van der Waals surface area contributed by atoms with Crippen LogP contribution >= 0.6 is 0 Å². The molecule has 1 aromatic heterocycles. The molecule has 0 aliphatic heterocycles. The minimum atomic E-state index is -1.17. The van der Waals surface area contributed by atoms with Crippen molar-refractivity contribution in [2.75, 3.05) is 6.61 Å². The van der Waals surface area contributed by atoms with Crippen molar-refractivity contribution in [3.8, 4) is 0 Å². The topological polar surface area (TPSA) is 109 Å². The first-order valence-electron chi connectivity index (χ1n) is 6.98. The maximum Gasteiger partial charge on any atom is 0.407 e. The second-order valence-electron chi connectivity index (χ2n) is 4.86. The highest BCUT2D eigenvalue weighted by Gasteiger charge is 2.16. The molecule has 0 saturated heterocycles. The fourth-order valence-electron chi connectivity index (χ4n) is 1.94. The Kier molecular flexibility index (Phi) is 5.76. The highest BCUT2D eigenvalue weighted by molar-refractivity contribution is 5.84. The molecule has 1 unspecified atom stereocenters. The molecule has 2 rings (SSSR count). The Balaban J connectivity index is 1.83. The number of hydrogen-bond donors (Lipinski definition) is 3. The van der Waals surface area contributed by atoms with Gasteiger partial charge in [-0.3, -0.25) is 0 Å². The molecule has 23 heavy (non-hydrogen) atoms. The van der Waals surface area contributed by atoms with E-state index in [0.717, 1.165) is 5.56 Å². The number of carboxylic acids is 1. The third kappa shape index (κ3) is 5.15. The molecule has 0 saturated carbocycles. The summed E-state index contributed by atoms with van der Waals surface area (Å²) in [6.45, 7) is -0.210. The summed E-state index contributed by atoms with van der Waals surface area (Å²) in [5, 5.41) is 20.6. The molecule has 0 fully saturated rings. The molecule has 3 N–H and O–H groups in total. The molecule has 1 heterocycles. The monoisotopic (exact) mass is 319 g/mol. The molecule has 2 aromatic rings. The molecule has 0 bridgehead atoms. The van der Waals surface area contributed by atoms with Gasteiger partial charge in [0.1, 0.15) is 12.4 Å². The normalized spacial score (nSPS) is 11.7. The van der Waals surface area contributed by atoms with Gasteiger partial charge in [0.25, 0.3) is 0 Å². The average molecular weight is 319 g/mol. The predicted octanol–water partition coefficient (Wildman–Crippen LogP) is 1.81. The van der Waals surface area contributed by atoms with Crippen LogP contribution in [0.1, 0.15) is 21.9 Å². The Morgan fingerprint density at radius 1 is 1.17 bits per heavy atom. The quantitative estimate of drug-likeness (QED) is 0.718. The van der Waals surface area contributed by atoms with Crippen LogP contribution in [0, 0.1) is 0 Å². The van der Waals surface area contributed by atoms with Crippen LogP contribution in [0.15, 0.2) is 46.9 Å². The zero-order valence-corrected chi connectivity index (χ0v) is 12.3. The maximum absolute atomic E-state index is 11.7. The second kappa shape index (κ2) is 8.00. The van der Waals surface area contributed by atoms with Gasteiger partial charge in [0.2, 0.25) is 5.76 Å². The first kappa shape index (κ1) is 16.6. The van der Waals surface area contributed by atoms with E-state index < -0.39 is 18.1 Å². The van der Waals surface area contributed by atoms with Crippen LogP contribution in [0.2, 0.25) is 0 Å². The number of carbonyl (C=O) groups excluding carboxylic acids is 1. The van der Waals surface area contributed by atoms with Gasteiger partial charge in [-0.15, -0.1) is 0 Å². The van der Waals surface area contributed by atoms with Crippen LogP contribution in [0.4, 0.5) is 4.79 Å². The Hall–Kier alpha value is -2.80. The van der Waals surface area contributed by atoms with Gasteiger partial charge in [0.15, 0.2) is 0 Å². The zero-order chi connectivity index (χ0) is 16.7. The van der Waals surface area contributed by atoms with E-state index >= 15 is 0 Å². The third-order valence-electron chi connectivity index (χ3n) is 3.08. The molecular weight excluding hydrogens is 302 g/mol. The summed E-state index contributed by atoms with van der Waals surface area (Å²) >= 11 is 0. The number of amides is 1. The fraction of sp³-hybridized carbons (Fsp3) is 0.250. The minimum Gasteiger partial charge on any atom is -0.475 e. The number of hydrogen-bond acceptors (Lipinski definition) is 5. The van der Waals surface area contributed by atoms with Gasteiger partial charge < -0.3 is 24.7 Å². The van der Waals surface area contributed by atoms with Crippen molar-refractivity contribution in [2.45, 2.75) is 19.1 Å². The van der Waals surface area contributed by atoms with E-state index in [0.29, 0.717) is 5.76 Å². The van der Waals surface area contributed by atoms with Crippen molar-refractivity contribution < 1.29 is 29.0 Å². The number of alkyl carbamates (subject to hydrolysis) is 1. The van der Waals surface area contributed by atoms with Gasteiger partial charge >= 0.3 is 12.1 Å². The van der Waals surface area contributed by atoms with Crippen molar-refractivity contribution in [3.63, 3.8) is 0 Å². The molecular formula is C16H17NO6. The largest absolute Gasteiger partial charge is 0.475 e.